The summed E-state index contributed by atoms with van der Waals surface area (Å²) >= 11 is 0. The number of fused-ring (bicyclic) bond motifs is 1. The van der Waals surface area contributed by atoms with Gasteiger partial charge in [0.15, 0.2) is 0 Å². The zero-order chi connectivity index (χ0) is 16.4. The van der Waals surface area contributed by atoms with Gasteiger partial charge in [0.25, 0.3) is 5.56 Å². The van der Waals surface area contributed by atoms with Crippen molar-refractivity contribution in [2.45, 2.75) is 13.5 Å². The van der Waals surface area contributed by atoms with Crippen LogP contribution in [0.2, 0.25) is 0 Å². The number of hydrogen-bond donors (Lipinski definition) is 0. The molecule has 3 heterocycles. The van der Waals surface area contributed by atoms with E-state index in [0.29, 0.717) is 28.7 Å². The number of rotatable bonds is 3. The molecule has 0 aromatic carbocycles. The summed E-state index contributed by atoms with van der Waals surface area (Å²) in [6.07, 6.45) is 3.37. The van der Waals surface area contributed by atoms with Crippen molar-refractivity contribution in [3.63, 3.8) is 0 Å². The zero-order valence-corrected chi connectivity index (χ0v) is 12.8. The first-order valence-corrected chi connectivity index (χ1v) is 7.09. The maximum atomic E-state index is 12.7. The number of carbonyl (C=O) groups is 1. The highest BCUT2D eigenvalue weighted by molar-refractivity contribution is 5.94. The minimum absolute atomic E-state index is 0.217. The minimum Gasteiger partial charge on any atom is -0.465 e. The topological polar surface area (TPSA) is 74.1 Å². The van der Waals surface area contributed by atoms with Crippen molar-refractivity contribution in [1.82, 2.24) is 14.5 Å². The van der Waals surface area contributed by atoms with E-state index in [4.69, 9.17) is 4.74 Å². The van der Waals surface area contributed by atoms with Gasteiger partial charge < -0.3 is 9.30 Å². The van der Waals surface area contributed by atoms with Gasteiger partial charge in [-0.15, -0.1) is 0 Å². The van der Waals surface area contributed by atoms with E-state index >= 15 is 0 Å². The second-order valence-electron chi connectivity index (χ2n) is 5.12. The first-order chi connectivity index (χ1) is 11.1. The van der Waals surface area contributed by atoms with Gasteiger partial charge in [0.1, 0.15) is 0 Å². The lowest BCUT2D eigenvalue weighted by atomic mass is 10.1. The first kappa shape index (κ1) is 14.9. The second kappa shape index (κ2) is 6.00. The number of aromatic nitrogens is 3. The summed E-state index contributed by atoms with van der Waals surface area (Å²) in [5.74, 6) is -0.503. The lowest BCUT2D eigenvalue weighted by molar-refractivity contribution is 0.0599. The Kier molecular flexibility index (Phi) is 3.89. The smallest absolute Gasteiger partial charge is 0.339 e. The van der Waals surface area contributed by atoms with Crippen LogP contribution in [0.15, 0.2) is 47.5 Å². The average Bonchev–Trinajstić information content (AvgIpc) is 2.57. The normalized spacial score (nSPS) is 10.7. The molecule has 3 rings (SSSR count). The summed E-state index contributed by atoms with van der Waals surface area (Å²) in [4.78, 5) is 33.0. The van der Waals surface area contributed by atoms with Crippen LogP contribution in [-0.4, -0.2) is 27.6 Å². The molecule has 0 N–H and O–H groups in total. The van der Waals surface area contributed by atoms with Gasteiger partial charge in [-0.3, -0.25) is 14.8 Å². The molecule has 0 aliphatic carbocycles. The van der Waals surface area contributed by atoms with Gasteiger partial charge in [0.2, 0.25) is 0 Å². The lowest BCUT2D eigenvalue weighted by Crippen LogP contribution is -2.21. The molecule has 0 radical (unpaired) electrons. The van der Waals surface area contributed by atoms with Crippen molar-refractivity contribution in [1.29, 1.82) is 0 Å². The fourth-order valence-electron chi connectivity index (χ4n) is 2.41. The highest BCUT2D eigenvalue weighted by Crippen LogP contribution is 2.14. The number of pyridine rings is 3. The van der Waals surface area contributed by atoms with Crippen LogP contribution in [0.1, 0.15) is 21.7 Å². The fourth-order valence-corrected chi connectivity index (χ4v) is 2.41. The highest BCUT2D eigenvalue weighted by Gasteiger charge is 2.14. The van der Waals surface area contributed by atoms with Crippen molar-refractivity contribution in [2.24, 2.45) is 0 Å². The number of esters is 1. The Morgan fingerprint density at radius 3 is 2.83 bits per heavy atom. The molecule has 0 bridgehead atoms. The molecule has 6 nitrogen and oxygen atoms in total. The third-order valence-electron chi connectivity index (χ3n) is 3.61. The lowest BCUT2D eigenvalue weighted by Gasteiger charge is -2.09. The van der Waals surface area contributed by atoms with Crippen molar-refractivity contribution in [2.75, 3.05) is 7.11 Å². The zero-order valence-electron chi connectivity index (χ0n) is 12.8. The molecule has 0 unspecified atom stereocenters. The van der Waals surface area contributed by atoms with E-state index in [9.17, 15) is 9.59 Å². The van der Waals surface area contributed by atoms with Crippen molar-refractivity contribution >= 4 is 16.9 Å². The molecule has 3 aromatic rings. The van der Waals surface area contributed by atoms with Crippen molar-refractivity contribution in [3.8, 4) is 0 Å². The van der Waals surface area contributed by atoms with E-state index in [-0.39, 0.29) is 5.56 Å². The quantitative estimate of drug-likeness (QED) is 0.691. The third-order valence-corrected chi connectivity index (χ3v) is 3.61. The second-order valence-corrected chi connectivity index (χ2v) is 5.12. The average molecular weight is 309 g/mol. The summed E-state index contributed by atoms with van der Waals surface area (Å²) in [5.41, 5.74) is 1.95. The number of methoxy groups -OCH3 is 1. The Morgan fingerprint density at radius 2 is 2.13 bits per heavy atom. The van der Waals surface area contributed by atoms with Crippen LogP contribution in [0.4, 0.5) is 0 Å². The SMILES string of the molecule is COC(=O)c1cc2c(=O)n(Cc3ccccn3)ccc2nc1C. The number of hydrogen-bond acceptors (Lipinski definition) is 5. The Balaban J connectivity index is 2.12. The minimum atomic E-state index is -0.503. The molecule has 0 aliphatic rings. The summed E-state index contributed by atoms with van der Waals surface area (Å²) in [7, 11) is 1.30. The molecule has 0 atom stereocenters. The van der Waals surface area contributed by atoms with E-state index in [2.05, 4.69) is 9.97 Å². The molecule has 0 spiro atoms. The predicted molar refractivity (Wildman–Crippen MR) is 85.4 cm³/mol. The van der Waals surface area contributed by atoms with Crippen molar-refractivity contribution < 1.29 is 9.53 Å². The Bertz CT molecular complexity index is 933. The Morgan fingerprint density at radius 1 is 1.30 bits per heavy atom. The summed E-state index contributed by atoms with van der Waals surface area (Å²) in [6.45, 7) is 2.07. The number of carbonyl (C=O) groups excluding carboxylic acids is 1. The van der Waals surface area contributed by atoms with E-state index < -0.39 is 5.97 Å². The van der Waals surface area contributed by atoms with Crippen LogP contribution in [0.25, 0.3) is 10.9 Å². The van der Waals surface area contributed by atoms with Crippen LogP contribution in [-0.2, 0) is 11.3 Å². The van der Waals surface area contributed by atoms with E-state index in [1.165, 1.54) is 7.11 Å². The van der Waals surface area contributed by atoms with Gasteiger partial charge in [0, 0.05) is 12.4 Å². The monoisotopic (exact) mass is 309 g/mol. The molecule has 0 fully saturated rings. The van der Waals surface area contributed by atoms with Gasteiger partial charge in [-0.2, -0.15) is 0 Å². The first-order valence-electron chi connectivity index (χ1n) is 7.09. The van der Waals surface area contributed by atoms with E-state index in [1.54, 1.807) is 36.0 Å². The predicted octanol–water partition coefficient (Wildman–Crippen LogP) is 1.93. The molecule has 0 amide bonds. The summed E-state index contributed by atoms with van der Waals surface area (Å²) < 4.78 is 6.28. The van der Waals surface area contributed by atoms with Gasteiger partial charge >= 0.3 is 5.97 Å². The molecular weight excluding hydrogens is 294 g/mol. The van der Waals surface area contributed by atoms with Crippen LogP contribution in [0, 0.1) is 6.92 Å². The third kappa shape index (κ3) is 2.83. The van der Waals surface area contributed by atoms with Gasteiger partial charge in [-0.05, 0) is 31.2 Å². The number of aryl methyl sites for hydroxylation is 1. The van der Waals surface area contributed by atoms with Crippen LogP contribution in [0.5, 0.6) is 0 Å². The number of ether oxygens (including phenoxy) is 1. The standard InChI is InChI=1S/C17H15N3O3/c1-11-13(17(22)23-2)9-14-15(19-11)6-8-20(16(14)21)10-12-5-3-4-7-18-12/h3-9H,10H2,1-2H3. The Labute approximate surface area is 132 Å². The molecule has 0 saturated carbocycles. The van der Waals surface area contributed by atoms with Crippen molar-refractivity contribution in [3.05, 3.63) is 70.0 Å². The molecule has 0 saturated heterocycles. The van der Waals surface area contributed by atoms with Crippen LogP contribution in [0.3, 0.4) is 0 Å². The summed E-state index contributed by atoms with van der Waals surface area (Å²) in [5, 5.41) is 0.384. The maximum absolute atomic E-state index is 12.7. The molecule has 23 heavy (non-hydrogen) atoms. The molecule has 3 aromatic heterocycles. The van der Waals surface area contributed by atoms with Gasteiger partial charge in [-0.25, -0.2) is 4.79 Å². The highest BCUT2D eigenvalue weighted by atomic mass is 16.5. The summed E-state index contributed by atoms with van der Waals surface area (Å²) in [6, 6.07) is 8.84. The van der Waals surface area contributed by atoms with E-state index in [0.717, 1.165) is 5.69 Å². The maximum Gasteiger partial charge on any atom is 0.339 e. The largest absolute Gasteiger partial charge is 0.465 e. The fraction of sp³-hybridized carbons (Fsp3) is 0.176. The van der Waals surface area contributed by atoms with Crippen LogP contribution < -0.4 is 5.56 Å². The van der Waals surface area contributed by atoms with E-state index in [1.807, 2.05) is 18.2 Å². The molecule has 116 valence electrons. The Hall–Kier alpha value is -3.02. The molecule has 0 aliphatic heterocycles. The van der Waals surface area contributed by atoms with Gasteiger partial charge in [0.05, 0.1) is 41.5 Å². The van der Waals surface area contributed by atoms with Gasteiger partial charge in [-0.1, -0.05) is 6.07 Å². The molecular formula is C17H15N3O3. The molecule has 6 heteroatoms. The number of nitrogens with zero attached hydrogens (tertiary/aromatic N) is 3. The van der Waals surface area contributed by atoms with Crippen LogP contribution >= 0.6 is 0 Å².